The van der Waals surface area contributed by atoms with E-state index >= 15 is 0 Å². The van der Waals surface area contributed by atoms with Crippen molar-refractivity contribution in [1.82, 2.24) is 0 Å². The number of benzene rings is 1. The molecule has 0 aromatic heterocycles. The van der Waals surface area contributed by atoms with Crippen LogP contribution in [0.2, 0.25) is 0 Å². The van der Waals surface area contributed by atoms with Gasteiger partial charge in [0.25, 0.3) is 0 Å². The van der Waals surface area contributed by atoms with Crippen LogP contribution in [0.3, 0.4) is 0 Å². The lowest BCUT2D eigenvalue weighted by Crippen LogP contribution is -2.23. The molecule has 0 saturated heterocycles. The highest BCUT2D eigenvalue weighted by Crippen LogP contribution is 2.35. The average molecular weight is 246 g/mol. The Morgan fingerprint density at radius 3 is 2.33 bits per heavy atom. The second-order valence-electron chi connectivity index (χ2n) is 6.93. The van der Waals surface area contributed by atoms with E-state index in [1.807, 2.05) is 0 Å². The molecule has 0 N–H and O–H groups in total. The maximum atomic E-state index is 6.04. The van der Waals surface area contributed by atoms with Gasteiger partial charge in [0, 0.05) is 0 Å². The first-order valence-electron chi connectivity index (χ1n) is 7.16. The fraction of sp³-hybridized carbons (Fsp3) is 0.647. The van der Waals surface area contributed by atoms with Crippen molar-refractivity contribution in [3.63, 3.8) is 0 Å². The summed E-state index contributed by atoms with van der Waals surface area (Å²) >= 11 is 0. The van der Waals surface area contributed by atoms with Crippen LogP contribution in [0, 0.1) is 5.92 Å². The van der Waals surface area contributed by atoms with Crippen molar-refractivity contribution >= 4 is 0 Å². The van der Waals surface area contributed by atoms with E-state index in [-0.39, 0.29) is 5.60 Å². The van der Waals surface area contributed by atoms with E-state index in [0.717, 1.165) is 11.7 Å². The van der Waals surface area contributed by atoms with E-state index in [2.05, 4.69) is 52.8 Å². The summed E-state index contributed by atoms with van der Waals surface area (Å²) in [6.07, 6.45) is 4.03. The van der Waals surface area contributed by atoms with Crippen molar-refractivity contribution in [2.75, 3.05) is 0 Å². The minimum atomic E-state index is -0.119. The van der Waals surface area contributed by atoms with Gasteiger partial charge < -0.3 is 4.74 Å². The van der Waals surface area contributed by atoms with Crippen LogP contribution >= 0.6 is 0 Å². The number of hydrogen-bond acceptors (Lipinski definition) is 1. The zero-order valence-corrected chi connectivity index (χ0v) is 12.4. The van der Waals surface area contributed by atoms with Crippen LogP contribution in [-0.2, 0) is 6.42 Å². The van der Waals surface area contributed by atoms with Gasteiger partial charge in [0.15, 0.2) is 0 Å². The second-order valence-corrected chi connectivity index (χ2v) is 6.93. The predicted octanol–water partition coefficient (Wildman–Crippen LogP) is 4.94. The molecule has 0 bridgehead atoms. The van der Waals surface area contributed by atoms with Gasteiger partial charge in [-0.3, -0.25) is 0 Å². The van der Waals surface area contributed by atoms with Gasteiger partial charge in [0.2, 0.25) is 0 Å². The highest BCUT2D eigenvalue weighted by Gasteiger charge is 2.22. The molecule has 0 atom stereocenters. The average Bonchev–Trinajstić information content (AvgIpc) is 2.98. The highest BCUT2D eigenvalue weighted by molar-refractivity contribution is 5.36. The predicted molar refractivity (Wildman–Crippen MR) is 77.3 cm³/mol. The standard InChI is InChI=1S/C17H26O/c1-12(2)15-9-14(8-13-6-7-13)10-16(11-15)18-17(3,4)5/h9-13H,6-8H2,1-5H3. The van der Waals surface area contributed by atoms with Crippen LogP contribution < -0.4 is 4.74 Å². The lowest BCUT2D eigenvalue weighted by Gasteiger charge is -2.23. The molecule has 1 aromatic carbocycles. The third kappa shape index (κ3) is 4.04. The molecule has 0 spiro atoms. The van der Waals surface area contributed by atoms with E-state index in [1.165, 1.54) is 30.4 Å². The molecule has 18 heavy (non-hydrogen) atoms. The molecule has 100 valence electrons. The minimum absolute atomic E-state index is 0.119. The largest absolute Gasteiger partial charge is 0.488 e. The van der Waals surface area contributed by atoms with Crippen molar-refractivity contribution in [3.05, 3.63) is 29.3 Å². The van der Waals surface area contributed by atoms with Crippen LogP contribution in [0.5, 0.6) is 5.75 Å². The smallest absolute Gasteiger partial charge is 0.120 e. The van der Waals surface area contributed by atoms with Crippen LogP contribution in [0.15, 0.2) is 18.2 Å². The summed E-state index contributed by atoms with van der Waals surface area (Å²) in [5, 5.41) is 0. The summed E-state index contributed by atoms with van der Waals surface area (Å²) in [4.78, 5) is 0. The molecular weight excluding hydrogens is 220 g/mol. The molecular formula is C17H26O. The van der Waals surface area contributed by atoms with Gasteiger partial charge in [-0.2, -0.15) is 0 Å². The molecule has 1 fully saturated rings. The fourth-order valence-electron chi connectivity index (χ4n) is 2.21. The Labute approximate surface area is 112 Å². The number of ether oxygens (including phenoxy) is 1. The summed E-state index contributed by atoms with van der Waals surface area (Å²) in [7, 11) is 0. The van der Waals surface area contributed by atoms with Gasteiger partial charge in [0.05, 0.1) is 0 Å². The van der Waals surface area contributed by atoms with Gasteiger partial charge in [0.1, 0.15) is 11.4 Å². The molecule has 1 heteroatoms. The Morgan fingerprint density at radius 1 is 1.17 bits per heavy atom. The number of hydrogen-bond donors (Lipinski definition) is 0. The lowest BCUT2D eigenvalue weighted by atomic mass is 9.98. The Morgan fingerprint density at radius 2 is 1.83 bits per heavy atom. The van der Waals surface area contributed by atoms with Crippen molar-refractivity contribution in [1.29, 1.82) is 0 Å². The Hall–Kier alpha value is -0.980. The normalized spacial score (nSPS) is 16.1. The van der Waals surface area contributed by atoms with E-state index < -0.39 is 0 Å². The molecule has 0 unspecified atom stereocenters. The molecule has 1 aliphatic rings. The van der Waals surface area contributed by atoms with Gasteiger partial charge in [-0.1, -0.05) is 19.9 Å². The van der Waals surface area contributed by atoms with Gasteiger partial charge >= 0.3 is 0 Å². The van der Waals surface area contributed by atoms with Crippen molar-refractivity contribution in [2.45, 2.75) is 65.4 Å². The monoisotopic (exact) mass is 246 g/mol. The lowest BCUT2D eigenvalue weighted by molar-refractivity contribution is 0.130. The molecule has 0 aliphatic heterocycles. The first-order chi connectivity index (χ1) is 8.33. The van der Waals surface area contributed by atoms with Crippen LogP contribution in [0.25, 0.3) is 0 Å². The van der Waals surface area contributed by atoms with E-state index in [0.29, 0.717) is 5.92 Å². The second kappa shape index (κ2) is 4.95. The Kier molecular flexibility index (Phi) is 3.70. The molecule has 1 aliphatic carbocycles. The quantitative estimate of drug-likeness (QED) is 0.731. The van der Waals surface area contributed by atoms with E-state index in [9.17, 15) is 0 Å². The third-order valence-corrected chi connectivity index (χ3v) is 3.30. The van der Waals surface area contributed by atoms with Crippen molar-refractivity contribution in [3.8, 4) is 5.75 Å². The summed E-state index contributed by atoms with van der Waals surface area (Å²) in [5.74, 6) is 2.52. The topological polar surface area (TPSA) is 9.23 Å². The zero-order valence-electron chi connectivity index (χ0n) is 12.4. The maximum Gasteiger partial charge on any atom is 0.120 e. The molecule has 1 aromatic rings. The summed E-state index contributed by atoms with van der Waals surface area (Å²) < 4.78 is 6.04. The van der Waals surface area contributed by atoms with E-state index in [4.69, 9.17) is 4.74 Å². The highest BCUT2D eigenvalue weighted by atomic mass is 16.5. The van der Waals surface area contributed by atoms with Crippen LogP contribution in [0.4, 0.5) is 0 Å². The maximum absolute atomic E-state index is 6.04. The molecule has 0 radical (unpaired) electrons. The molecule has 0 heterocycles. The van der Waals surface area contributed by atoms with Crippen LogP contribution in [-0.4, -0.2) is 5.60 Å². The molecule has 0 amide bonds. The molecule has 1 nitrogen and oxygen atoms in total. The third-order valence-electron chi connectivity index (χ3n) is 3.30. The Balaban J connectivity index is 2.23. The van der Waals surface area contributed by atoms with Crippen molar-refractivity contribution < 1.29 is 4.74 Å². The Bertz CT molecular complexity index is 408. The SMILES string of the molecule is CC(C)c1cc(CC2CC2)cc(OC(C)(C)C)c1. The summed E-state index contributed by atoms with van der Waals surface area (Å²) in [6.45, 7) is 10.8. The summed E-state index contributed by atoms with van der Waals surface area (Å²) in [6, 6.07) is 6.79. The summed E-state index contributed by atoms with van der Waals surface area (Å²) in [5.41, 5.74) is 2.72. The van der Waals surface area contributed by atoms with Gasteiger partial charge in [-0.25, -0.2) is 0 Å². The fourth-order valence-corrected chi connectivity index (χ4v) is 2.21. The van der Waals surface area contributed by atoms with Gasteiger partial charge in [-0.15, -0.1) is 0 Å². The first kappa shape index (κ1) is 13.5. The van der Waals surface area contributed by atoms with Gasteiger partial charge in [-0.05, 0) is 75.1 Å². The first-order valence-corrected chi connectivity index (χ1v) is 7.16. The minimum Gasteiger partial charge on any atom is -0.488 e. The van der Waals surface area contributed by atoms with Crippen LogP contribution in [0.1, 0.15) is 64.5 Å². The molecule has 1 saturated carbocycles. The molecule has 2 rings (SSSR count). The van der Waals surface area contributed by atoms with Crippen molar-refractivity contribution in [2.24, 2.45) is 5.92 Å². The van der Waals surface area contributed by atoms with E-state index in [1.54, 1.807) is 0 Å². The number of rotatable bonds is 4. The zero-order chi connectivity index (χ0) is 13.3.